The van der Waals surface area contributed by atoms with E-state index in [4.69, 9.17) is 16.3 Å². The highest BCUT2D eigenvalue weighted by atomic mass is 35.5. The predicted octanol–water partition coefficient (Wildman–Crippen LogP) is 0.194. The minimum absolute atomic E-state index is 0.0224. The third kappa shape index (κ3) is 4.46. The fourth-order valence-corrected chi connectivity index (χ4v) is 2.95. The molecule has 0 aliphatic carbocycles. The minimum Gasteiger partial charge on any atom is -0.379 e. The van der Waals surface area contributed by atoms with Gasteiger partial charge in [-0.2, -0.15) is 4.31 Å². The molecule has 0 aromatic heterocycles. The first kappa shape index (κ1) is 12.9. The van der Waals surface area contributed by atoms with Crippen molar-refractivity contribution in [2.45, 2.75) is 12.8 Å². The molecule has 0 amide bonds. The van der Waals surface area contributed by atoms with E-state index in [0.29, 0.717) is 26.3 Å². The largest absolute Gasteiger partial charge is 0.379 e. The van der Waals surface area contributed by atoms with Crippen molar-refractivity contribution in [2.75, 3.05) is 32.1 Å². The summed E-state index contributed by atoms with van der Waals surface area (Å²) in [7, 11) is -3.24. The molecule has 1 aliphatic rings. The molecule has 1 heterocycles. The predicted molar refractivity (Wildman–Crippen MR) is 56.3 cm³/mol. The van der Waals surface area contributed by atoms with E-state index in [1.165, 1.54) is 4.31 Å². The quantitative estimate of drug-likeness (QED) is 0.658. The third-order valence-corrected chi connectivity index (χ3v) is 4.28. The zero-order valence-electron chi connectivity index (χ0n) is 8.32. The first-order chi connectivity index (χ1) is 7.02. The topological polar surface area (TPSA) is 63.7 Å². The molecule has 1 fully saturated rings. The third-order valence-electron chi connectivity index (χ3n) is 2.14. The van der Waals surface area contributed by atoms with Crippen LogP contribution in [0.3, 0.4) is 0 Å². The van der Waals surface area contributed by atoms with E-state index in [1.54, 1.807) is 0 Å². The Morgan fingerprint density at radius 3 is 2.47 bits per heavy atom. The van der Waals surface area contributed by atoms with E-state index in [1.807, 2.05) is 0 Å². The summed E-state index contributed by atoms with van der Waals surface area (Å²) in [5.41, 5.74) is 0. The number of ether oxygens (including phenoxy) is 1. The van der Waals surface area contributed by atoms with E-state index >= 15 is 0 Å². The van der Waals surface area contributed by atoms with Crippen molar-refractivity contribution < 1.29 is 17.9 Å². The van der Waals surface area contributed by atoms with Crippen LogP contribution in [0.25, 0.3) is 0 Å². The Labute approximate surface area is 94.4 Å². The van der Waals surface area contributed by atoms with Gasteiger partial charge in [0, 0.05) is 19.5 Å². The Bertz CT molecular complexity index is 311. The summed E-state index contributed by atoms with van der Waals surface area (Å²) in [5, 5.41) is -0.493. The molecule has 0 unspecified atom stereocenters. The molecule has 0 N–H and O–H groups in total. The molecule has 7 heteroatoms. The summed E-state index contributed by atoms with van der Waals surface area (Å²) in [5.74, 6) is -0.0224. The number of hydrogen-bond donors (Lipinski definition) is 0. The van der Waals surface area contributed by atoms with Gasteiger partial charge >= 0.3 is 0 Å². The van der Waals surface area contributed by atoms with Gasteiger partial charge in [-0.15, -0.1) is 0 Å². The Morgan fingerprint density at radius 1 is 1.33 bits per heavy atom. The van der Waals surface area contributed by atoms with Gasteiger partial charge in [0.05, 0.1) is 19.0 Å². The molecule has 0 saturated carbocycles. The van der Waals surface area contributed by atoms with Crippen LogP contribution in [0.4, 0.5) is 0 Å². The fraction of sp³-hybridized carbons (Fsp3) is 0.875. The van der Waals surface area contributed by atoms with E-state index in [-0.39, 0.29) is 18.6 Å². The van der Waals surface area contributed by atoms with Crippen molar-refractivity contribution in [3.05, 3.63) is 0 Å². The molecular formula is C8H14ClNO4S. The summed E-state index contributed by atoms with van der Waals surface area (Å²) >= 11 is 5.13. The molecule has 88 valence electrons. The Morgan fingerprint density at radius 2 is 1.93 bits per heavy atom. The van der Waals surface area contributed by atoms with Gasteiger partial charge in [-0.1, -0.05) is 0 Å². The molecular weight excluding hydrogens is 242 g/mol. The van der Waals surface area contributed by atoms with Gasteiger partial charge in [-0.25, -0.2) is 8.42 Å². The summed E-state index contributed by atoms with van der Waals surface area (Å²) in [4.78, 5) is 10.4. The number of nitrogens with zero attached hydrogens (tertiary/aromatic N) is 1. The lowest BCUT2D eigenvalue weighted by molar-refractivity contribution is -0.111. The monoisotopic (exact) mass is 255 g/mol. The van der Waals surface area contributed by atoms with E-state index in [0.717, 1.165) is 0 Å². The number of carbonyl (C=O) groups is 1. The summed E-state index contributed by atoms with van der Waals surface area (Å²) in [6.07, 6.45) is 0.382. The molecule has 0 aromatic rings. The average Bonchev–Trinajstić information content (AvgIpc) is 2.18. The summed E-state index contributed by atoms with van der Waals surface area (Å²) < 4.78 is 29.8. The second kappa shape index (κ2) is 5.79. The van der Waals surface area contributed by atoms with E-state index < -0.39 is 15.3 Å². The molecule has 15 heavy (non-hydrogen) atoms. The van der Waals surface area contributed by atoms with Crippen LogP contribution in [0.2, 0.25) is 0 Å². The van der Waals surface area contributed by atoms with Crippen molar-refractivity contribution in [3.8, 4) is 0 Å². The van der Waals surface area contributed by atoms with Crippen molar-refractivity contribution in [1.82, 2.24) is 4.31 Å². The second-order valence-electron chi connectivity index (χ2n) is 3.29. The maximum atomic E-state index is 11.7. The van der Waals surface area contributed by atoms with Gasteiger partial charge < -0.3 is 4.74 Å². The van der Waals surface area contributed by atoms with Gasteiger partial charge in [-0.3, -0.25) is 4.79 Å². The fourth-order valence-electron chi connectivity index (χ4n) is 1.35. The highest BCUT2D eigenvalue weighted by molar-refractivity contribution is 7.89. The van der Waals surface area contributed by atoms with Crippen LogP contribution in [0, 0.1) is 0 Å². The smallest absolute Gasteiger partial charge is 0.221 e. The van der Waals surface area contributed by atoms with Gasteiger partial charge in [0.2, 0.25) is 15.3 Å². The number of halogens is 1. The SMILES string of the molecule is O=C(Cl)CCCS(=O)(=O)N1CCOCC1. The van der Waals surface area contributed by atoms with Crippen molar-refractivity contribution in [2.24, 2.45) is 0 Å². The first-order valence-electron chi connectivity index (χ1n) is 4.76. The maximum Gasteiger partial charge on any atom is 0.221 e. The molecule has 0 spiro atoms. The molecule has 5 nitrogen and oxygen atoms in total. The molecule has 0 aromatic carbocycles. The number of morpholine rings is 1. The van der Waals surface area contributed by atoms with E-state index in [2.05, 4.69) is 0 Å². The van der Waals surface area contributed by atoms with Crippen LogP contribution in [-0.4, -0.2) is 50.0 Å². The van der Waals surface area contributed by atoms with Gasteiger partial charge in [0.15, 0.2) is 0 Å². The molecule has 0 radical (unpaired) electrons. The summed E-state index contributed by atoms with van der Waals surface area (Å²) in [6, 6.07) is 0. The molecule has 1 aliphatic heterocycles. The number of hydrogen-bond acceptors (Lipinski definition) is 4. The summed E-state index contributed by atoms with van der Waals surface area (Å²) in [6.45, 7) is 1.68. The lowest BCUT2D eigenvalue weighted by Crippen LogP contribution is -2.41. The molecule has 0 bridgehead atoms. The van der Waals surface area contributed by atoms with Gasteiger partial charge in [0.25, 0.3) is 0 Å². The van der Waals surface area contributed by atoms with Crippen LogP contribution in [0.1, 0.15) is 12.8 Å². The van der Waals surface area contributed by atoms with Crippen molar-refractivity contribution in [3.63, 3.8) is 0 Å². The van der Waals surface area contributed by atoms with Gasteiger partial charge in [0.1, 0.15) is 0 Å². The Balaban J connectivity index is 2.40. The Hall–Kier alpha value is -0.170. The normalized spacial score (nSPS) is 19.0. The van der Waals surface area contributed by atoms with Crippen LogP contribution < -0.4 is 0 Å². The molecule has 1 rings (SSSR count). The van der Waals surface area contributed by atoms with Crippen LogP contribution in [-0.2, 0) is 19.6 Å². The number of sulfonamides is 1. The second-order valence-corrected chi connectivity index (χ2v) is 5.80. The van der Waals surface area contributed by atoms with Crippen LogP contribution in [0.5, 0.6) is 0 Å². The number of carbonyl (C=O) groups excluding carboxylic acids is 1. The highest BCUT2D eigenvalue weighted by Crippen LogP contribution is 2.08. The lowest BCUT2D eigenvalue weighted by atomic mass is 10.4. The Kier molecular flexibility index (Phi) is 4.98. The van der Waals surface area contributed by atoms with Gasteiger partial charge in [-0.05, 0) is 18.0 Å². The van der Waals surface area contributed by atoms with Crippen LogP contribution in [0.15, 0.2) is 0 Å². The minimum atomic E-state index is -3.24. The van der Waals surface area contributed by atoms with Crippen molar-refractivity contribution >= 4 is 26.9 Å². The number of rotatable bonds is 5. The zero-order valence-corrected chi connectivity index (χ0v) is 9.89. The molecule has 0 atom stereocenters. The van der Waals surface area contributed by atoms with Crippen LogP contribution >= 0.6 is 11.6 Å². The lowest BCUT2D eigenvalue weighted by Gasteiger charge is -2.25. The first-order valence-corrected chi connectivity index (χ1v) is 6.75. The molecule has 1 saturated heterocycles. The average molecular weight is 256 g/mol. The maximum absolute atomic E-state index is 11.7. The zero-order chi connectivity index (χ0) is 11.3. The van der Waals surface area contributed by atoms with E-state index in [9.17, 15) is 13.2 Å². The van der Waals surface area contributed by atoms with Crippen molar-refractivity contribution in [1.29, 1.82) is 0 Å². The standard InChI is InChI=1S/C8H14ClNO4S/c9-8(11)2-1-7-15(12,13)10-3-5-14-6-4-10/h1-7H2. The highest BCUT2D eigenvalue weighted by Gasteiger charge is 2.23.